The maximum absolute atomic E-state index is 11.8. The summed E-state index contributed by atoms with van der Waals surface area (Å²) in [6.45, 7) is 4.67. The number of ether oxygens (including phenoxy) is 2. The minimum absolute atomic E-state index is 0.0285. The van der Waals surface area contributed by atoms with Gasteiger partial charge in [-0.05, 0) is 42.7 Å². The van der Waals surface area contributed by atoms with E-state index in [-0.39, 0.29) is 18.6 Å². The first kappa shape index (κ1) is 17.9. The topological polar surface area (TPSA) is 47.6 Å². The lowest BCUT2D eigenvalue weighted by Crippen LogP contribution is -2.37. The third-order valence-corrected chi connectivity index (χ3v) is 3.79. The van der Waals surface area contributed by atoms with Crippen LogP contribution in [0.15, 0.2) is 54.6 Å². The van der Waals surface area contributed by atoms with E-state index >= 15 is 0 Å². The molecule has 1 amide bonds. The van der Waals surface area contributed by atoms with Gasteiger partial charge in [0.2, 0.25) is 0 Å². The molecule has 128 valence electrons. The van der Waals surface area contributed by atoms with E-state index in [1.54, 1.807) is 0 Å². The second-order valence-corrected chi connectivity index (χ2v) is 5.62. The van der Waals surface area contributed by atoms with Crippen LogP contribution >= 0.6 is 0 Å². The Labute approximate surface area is 143 Å². The Bertz CT molecular complexity index is 607. The highest BCUT2D eigenvalue weighted by Crippen LogP contribution is 2.18. The van der Waals surface area contributed by atoms with E-state index in [1.807, 2.05) is 54.6 Å². The lowest BCUT2D eigenvalue weighted by atomic mass is 10.2. The van der Waals surface area contributed by atoms with Gasteiger partial charge in [0.15, 0.2) is 6.61 Å². The molecule has 0 spiro atoms. The van der Waals surface area contributed by atoms with E-state index in [1.165, 1.54) is 0 Å². The summed E-state index contributed by atoms with van der Waals surface area (Å²) in [5, 5.41) is 2.95. The lowest BCUT2D eigenvalue weighted by Gasteiger charge is -2.15. The van der Waals surface area contributed by atoms with E-state index in [0.29, 0.717) is 12.4 Å². The molecule has 0 atom stereocenters. The second kappa shape index (κ2) is 9.60. The molecule has 0 saturated carbocycles. The fraction of sp³-hybridized carbons (Fsp3) is 0.350. The van der Waals surface area contributed by atoms with Crippen LogP contribution in [0.5, 0.6) is 11.5 Å². The minimum atomic E-state index is -0.0897. The van der Waals surface area contributed by atoms with Crippen LogP contribution in [0.4, 0.5) is 0 Å². The Morgan fingerprint density at radius 2 is 1.50 bits per heavy atom. The Balaban J connectivity index is 1.76. The van der Waals surface area contributed by atoms with Crippen molar-refractivity contribution in [3.63, 3.8) is 0 Å². The summed E-state index contributed by atoms with van der Waals surface area (Å²) in [6, 6.07) is 17.5. The van der Waals surface area contributed by atoms with Crippen LogP contribution in [0.2, 0.25) is 0 Å². The highest BCUT2D eigenvalue weighted by Gasteiger charge is 2.08. The number of carbonyl (C=O) groups is 1. The first-order valence-electron chi connectivity index (χ1n) is 8.40. The number of rotatable bonds is 9. The largest absolute Gasteiger partial charge is 0.489 e. The van der Waals surface area contributed by atoms with E-state index < -0.39 is 0 Å². The molecule has 0 radical (unpaired) electrons. The first-order valence-corrected chi connectivity index (χ1v) is 8.40. The van der Waals surface area contributed by atoms with Gasteiger partial charge < -0.3 is 14.8 Å². The van der Waals surface area contributed by atoms with Crippen molar-refractivity contribution in [3.05, 3.63) is 60.2 Å². The second-order valence-electron chi connectivity index (χ2n) is 5.62. The molecule has 4 nitrogen and oxygen atoms in total. The van der Waals surface area contributed by atoms with Crippen LogP contribution < -0.4 is 14.8 Å². The highest BCUT2D eigenvalue weighted by molar-refractivity contribution is 5.77. The predicted molar refractivity (Wildman–Crippen MR) is 95.2 cm³/mol. The molecular weight excluding hydrogens is 302 g/mol. The first-order chi connectivity index (χ1) is 11.7. The van der Waals surface area contributed by atoms with Crippen molar-refractivity contribution >= 4 is 5.91 Å². The Hall–Kier alpha value is -2.49. The van der Waals surface area contributed by atoms with E-state index in [4.69, 9.17) is 9.47 Å². The van der Waals surface area contributed by atoms with Gasteiger partial charge in [0, 0.05) is 6.04 Å². The molecule has 0 saturated heterocycles. The van der Waals surface area contributed by atoms with Crippen molar-refractivity contribution in [2.45, 2.75) is 39.3 Å². The summed E-state index contributed by atoms with van der Waals surface area (Å²) < 4.78 is 11.2. The summed E-state index contributed by atoms with van der Waals surface area (Å²) in [5.74, 6) is 1.34. The molecule has 0 fully saturated rings. The van der Waals surface area contributed by atoms with Gasteiger partial charge in [-0.1, -0.05) is 44.2 Å². The summed E-state index contributed by atoms with van der Waals surface area (Å²) in [4.78, 5) is 11.8. The van der Waals surface area contributed by atoms with Crippen molar-refractivity contribution in [3.8, 4) is 11.5 Å². The number of carbonyl (C=O) groups excluding carboxylic acids is 1. The molecule has 2 rings (SSSR count). The maximum atomic E-state index is 11.8. The van der Waals surface area contributed by atoms with Crippen LogP contribution in [0.3, 0.4) is 0 Å². The van der Waals surface area contributed by atoms with Gasteiger partial charge in [-0.25, -0.2) is 0 Å². The Morgan fingerprint density at radius 3 is 2.08 bits per heavy atom. The van der Waals surface area contributed by atoms with Crippen LogP contribution in [0.25, 0.3) is 0 Å². The van der Waals surface area contributed by atoms with Gasteiger partial charge in [0.05, 0.1) is 0 Å². The quantitative estimate of drug-likeness (QED) is 0.758. The van der Waals surface area contributed by atoms with Crippen LogP contribution in [0.1, 0.15) is 32.3 Å². The van der Waals surface area contributed by atoms with Crippen molar-refractivity contribution in [2.75, 3.05) is 6.61 Å². The third-order valence-electron chi connectivity index (χ3n) is 3.79. The molecule has 0 aliphatic rings. The molecule has 24 heavy (non-hydrogen) atoms. The average Bonchev–Trinajstić information content (AvgIpc) is 2.64. The average molecular weight is 327 g/mol. The fourth-order valence-corrected chi connectivity index (χ4v) is 2.28. The Kier molecular flexibility index (Phi) is 7.15. The zero-order valence-electron chi connectivity index (χ0n) is 14.3. The van der Waals surface area contributed by atoms with Gasteiger partial charge in [-0.15, -0.1) is 0 Å². The highest BCUT2D eigenvalue weighted by atomic mass is 16.5. The van der Waals surface area contributed by atoms with E-state index in [9.17, 15) is 4.79 Å². The summed E-state index contributed by atoms with van der Waals surface area (Å²) in [5.41, 5.74) is 1.12. The molecule has 2 aromatic rings. The van der Waals surface area contributed by atoms with E-state index in [0.717, 1.165) is 24.2 Å². The molecule has 0 aliphatic heterocycles. The molecule has 0 unspecified atom stereocenters. The number of hydrogen-bond donors (Lipinski definition) is 1. The third kappa shape index (κ3) is 5.95. The molecule has 4 heteroatoms. The molecule has 0 heterocycles. The molecule has 0 bridgehead atoms. The number of amides is 1. The normalized spacial score (nSPS) is 10.5. The zero-order valence-corrected chi connectivity index (χ0v) is 14.3. The number of hydrogen-bond acceptors (Lipinski definition) is 3. The molecule has 2 aromatic carbocycles. The molecule has 0 aromatic heterocycles. The number of nitrogens with one attached hydrogen (secondary N) is 1. The monoisotopic (exact) mass is 327 g/mol. The van der Waals surface area contributed by atoms with E-state index in [2.05, 4.69) is 19.2 Å². The van der Waals surface area contributed by atoms with Crippen molar-refractivity contribution in [2.24, 2.45) is 0 Å². The number of benzene rings is 2. The zero-order chi connectivity index (χ0) is 17.2. The standard InChI is InChI=1S/C20H25NO3/c1-3-17(4-2)21-20(22)15-24-19-12-10-18(11-13-19)23-14-16-8-6-5-7-9-16/h5-13,17H,3-4,14-15H2,1-2H3,(H,21,22). The van der Waals surface area contributed by atoms with Gasteiger partial charge >= 0.3 is 0 Å². The van der Waals surface area contributed by atoms with Gasteiger partial charge in [-0.3, -0.25) is 4.79 Å². The van der Waals surface area contributed by atoms with Crippen LogP contribution in [-0.2, 0) is 11.4 Å². The molecule has 1 N–H and O–H groups in total. The van der Waals surface area contributed by atoms with Gasteiger partial charge in [0.25, 0.3) is 5.91 Å². The predicted octanol–water partition coefficient (Wildman–Crippen LogP) is 3.95. The SMILES string of the molecule is CCC(CC)NC(=O)COc1ccc(OCc2ccccc2)cc1. The molecule has 0 aliphatic carbocycles. The van der Waals surface area contributed by atoms with Crippen molar-refractivity contribution in [1.29, 1.82) is 0 Å². The van der Waals surface area contributed by atoms with Gasteiger partial charge in [-0.2, -0.15) is 0 Å². The van der Waals surface area contributed by atoms with Crippen molar-refractivity contribution < 1.29 is 14.3 Å². The molecular formula is C20H25NO3. The summed E-state index contributed by atoms with van der Waals surface area (Å²) in [6.07, 6.45) is 1.85. The Morgan fingerprint density at radius 1 is 0.917 bits per heavy atom. The van der Waals surface area contributed by atoms with Gasteiger partial charge in [0.1, 0.15) is 18.1 Å². The van der Waals surface area contributed by atoms with Crippen LogP contribution in [0, 0.1) is 0 Å². The minimum Gasteiger partial charge on any atom is -0.489 e. The summed E-state index contributed by atoms with van der Waals surface area (Å²) in [7, 11) is 0. The summed E-state index contributed by atoms with van der Waals surface area (Å²) >= 11 is 0. The fourth-order valence-electron chi connectivity index (χ4n) is 2.28. The maximum Gasteiger partial charge on any atom is 0.258 e. The lowest BCUT2D eigenvalue weighted by molar-refractivity contribution is -0.123. The van der Waals surface area contributed by atoms with Crippen LogP contribution in [-0.4, -0.2) is 18.6 Å². The smallest absolute Gasteiger partial charge is 0.258 e. The van der Waals surface area contributed by atoms with Crippen molar-refractivity contribution in [1.82, 2.24) is 5.32 Å².